The normalized spacial score (nSPS) is 23.2. The molecule has 2 atom stereocenters. The first-order chi connectivity index (χ1) is 10.9. The molecule has 1 aliphatic rings. The maximum absolute atomic E-state index is 12.8. The first kappa shape index (κ1) is 20.1. The molecule has 0 amide bonds. The lowest BCUT2D eigenvalue weighted by atomic mass is 9.85. The van der Waals surface area contributed by atoms with Gasteiger partial charge >= 0.3 is 6.18 Å². The SMILES string of the molecule is CCCCN(C)CCNC(=NC)NC1CCCC(C(F)(F)F)C1. The molecule has 0 aromatic heterocycles. The maximum Gasteiger partial charge on any atom is 0.391 e. The molecule has 0 aliphatic heterocycles. The Bertz CT molecular complexity index is 358. The fourth-order valence-electron chi connectivity index (χ4n) is 2.91. The first-order valence-electron chi connectivity index (χ1n) is 8.59. The van der Waals surface area contributed by atoms with Gasteiger partial charge in [-0.2, -0.15) is 13.2 Å². The van der Waals surface area contributed by atoms with Crippen molar-refractivity contribution in [2.75, 3.05) is 33.7 Å². The molecular weight excluding hydrogens is 305 g/mol. The van der Waals surface area contributed by atoms with Crippen LogP contribution in [-0.4, -0.2) is 56.8 Å². The molecule has 23 heavy (non-hydrogen) atoms. The molecular formula is C16H31F3N4. The van der Waals surface area contributed by atoms with Crippen molar-refractivity contribution < 1.29 is 13.2 Å². The summed E-state index contributed by atoms with van der Waals surface area (Å²) < 4.78 is 38.5. The van der Waals surface area contributed by atoms with Crippen molar-refractivity contribution in [2.45, 2.75) is 57.7 Å². The summed E-state index contributed by atoms with van der Waals surface area (Å²) in [4.78, 5) is 6.36. The van der Waals surface area contributed by atoms with Gasteiger partial charge in [0.2, 0.25) is 0 Å². The third-order valence-corrected chi connectivity index (χ3v) is 4.38. The summed E-state index contributed by atoms with van der Waals surface area (Å²) in [5.74, 6) is -0.589. The lowest BCUT2D eigenvalue weighted by Gasteiger charge is -2.32. The van der Waals surface area contributed by atoms with Crippen LogP contribution in [0.1, 0.15) is 45.4 Å². The molecule has 1 aliphatic carbocycles. The highest BCUT2D eigenvalue weighted by Crippen LogP contribution is 2.37. The fourth-order valence-corrected chi connectivity index (χ4v) is 2.91. The number of nitrogens with one attached hydrogen (secondary N) is 2. The molecule has 7 heteroatoms. The van der Waals surface area contributed by atoms with Gasteiger partial charge in [0.15, 0.2) is 5.96 Å². The van der Waals surface area contributed by atoms with E-state index in [4.69, 9.17) is 0 Å². The van der Waals surface area contributed by atoms with E-state index < -0.39 is 12.1 Å². The van der Waals surface area contributed by atoms with Crippen LogP contribution in [-0.2, 0) is 0 Å². The molecule has 136 valence electrons. The van der Waals surface area contributed by atoms with E-state index in [1.165, 1.54) is 12.8 Å². The molecule has 0 bridgehead atoms. The van der Waals surface area contributed by atoms with Crippen molar-refractivity contribution in [2.24, 2.45) is 10.9 Å². The highest BCUT2D eigenvalue weighted by Gasteiger charge is 2.42. The molecule has 0 aromatic rings. The molecule has 2 unspecified atom stereocenters. The van der Waals surface area contributed by atoms with E-state index in [9.17, 15) is 13.2 Å². The average molecular weight is 336 g/mol. The maximum atomic E-state index is 12.8. The smallest absolute Gasteiger partial charge is 0.355 e. The molecule has 2 N–H and O–H groups in total. The zero-order chi connectivity index (χ0) is 17.3. The van der Waals surface area contributed by atoms with Gasteiger partial charge in [0.25, 0.3) is 0 Å². The summed E-state index contributed by atoms with van der Waals surface area (Å²) in [6, 6.07) is -0.153. The number of nitrogens with zero attached hydrogens (tertiary/aromatic N) is 2. The number of guanidine groups is 1. The highest BCUT2D eigenvalue weighted by atomic mass is 19.4. The number of alkyl halides is 3. The molecule has 1 saturated carbocycles. The van der Waals surface area contributed by atoms with Crippen molar-refractivity contribution in [3.05, 3.63) is 0 Å². The summed E-state index contributed by atoms with van der Waals surface area (Å²) in [6.45, 7) is 4.84. The standard InChI is InChI=1S/C16H31F3N4/c1-4-5-10-23(3)11-9-21-15(20-2)22-14-8-6-7-13(12-14)16(17,18)19/h13-14H,4-12H2,1-3H3,(H2,20,21,22). The number of aliphatic imine (C=N–C) groups is 1. The van der Waals surface area contributed by atoms with Gasteiger partial charge in [-0.15, -0.1) is 0 Å². The molecule has 0 saturated heterocycles. The third kappa shape index (κ3) is 7.90. The Labute approximate surface area is 137 Å². The van der Waals surface area contributed by atoms with Gasteiger partial charge < -0.3 is 15.5 Å². The molecule has 0 heterocycles. The van der Waals surface area contributed by atoms with Crippen molar-refractivity contribution in [3.8, 4) is 0 Å². The van der Waals surface area contributed by atoms with Crippen LogP contribution in [0.4, 0.5) is 13.2 Å². The van der Waals surface area contributed by atoms with Gasteiger partial charge in [0.05, 0.1) is 5.92 Å². The Hall–Kier alpha value is -0.980. The minimum atomic E-state index is -4.08. The second kappa shape index (κ2) is 10.0. The van der Waals surface area contributed by atoms with Crippen molar-refractivity contribution in [3.63, 3.8) is 0 Å². The summed E-state index contributed by atoms with van der Waals surface area (Å²) in [5.41, 5.74) is 0. The van der Waals surface area contributed by atoms with Gasteiger partial charge in [0.1, 0.15) is 0 Å². The molecule has 1 rings (SSSR count). The van der Waals surface area contributed by atoms with Gasteiger partial charge in [0, 0.05) is 26.2 Å². The number of hydrogen-bond donors (Lipinski definition) is 2. The van der Waals surface area contributed by atoms with Gasteiger partial charge in [-0.1, -0.05) is 19.8 Å². The Morgan fingerprint density at radius 2 is 2.00 bits per heavy atom. The zero-order valence-corrected chi connectivity index (χ0v) is 14.5. The highest BCUT2D eigenvalue weighted by molar-refractivity contribution is 5.79. The predicted octanol–water partition coefficient (Wildman–Crippen LogP) is 3.00. The predicted molar refractivity (Wildman–Crippen MR) is 88.7 cm³/mol. The number of halogens is 3. The number of likely N-dealkylation sites (N-methyl/N-ethyl adjacent to an activating group) is 1. The molecule has 0 aromatic carbocycles. The first-order valence-corrected chi connectivity index (χ1v) is 8.59. The number of rotatable bonds is 7. The van der Waals surface area contributed by atoms with E-state index in [2.05, 4.69) is 34.5 Å². The largest absolute Gasteiger partial charge is 0.391 e. The Morgan fingerprint density at radius 1 is 1.26 bits per heavy atom. The minimum absolute atomic E-state index is 0.139. The van der Waals surface area contributed by atoms with Gasteiger partial charge in [-0.3, -0.25) is 4.99 Å². The van der Waals surface area contributed by atoms with Crippen LogP contribution >= 0.6 is 0 Å². The molecule has 1 fully saturated rings. The van der Waals surface area contributed by atoms with Crippen LogP contribution in [0.25, 0.3) is 0 Å². The number of hydrogen-bond acceptors (Lipinski definition) is 2. The summed E-state index contributed by atoms with van der Waals surface area (Å²) in [5, 5.41) is 6.34. The Balaban J connectivity index is 2.33. The van der Waals surface area contributed by atoms with Gasteiger partial charge in [-0.05, 0) is 39.3 Å². The van der Waals surface area contributed by atoms with E-state index in [-0.39, 0.29) is 18.9 Å². The molecule has 4 nitrogen and oxygen atoms in total. The summed E-state index contributed by atoms with van der Waals surface area (Å²) >= 11 is 0. The second-order valence-electron chi connectivity index (χ2n) is 6.40. The third-order valence-electron chi connectivity index (χ3n) is 4.38. The van der Waals surface area contributed by atoms with E-state index >= 15 is 0 Å². The van der Waals surface area contributed by atoms with E-state index in [1.54, 1.807) is 7.05 Å². The van der Waals surface area contributed by atoms with Crippen LogP contribution in [0.2, 0.25) is 0 Å². The van der Waals surface area contributed by atoms with Crippen molar-refractivity contribution in [1.82, 2.24) is 15.5 Å². The van der Waals surface area contributed by atoms with E-state index in [0.29, 0.717) is 12.4 Å². The molecule has 0 spiro atoms. The lowest BCUT2D eigenvalue weighted by Crippen LogP contribution is -2.48. The summed E-state index contributed by atoms with van der Waals surface area (Å²) in [6.07, 6.45) is 0.0194. The quantitative estimate of drug-likeness (QED) is 0.555. The topological polar surface area (TPSA) is 39.7 Å². The van der Waals surface area contributed by atoms with E-state index in [1.807, 2.05) is 0 Å². The zero-order valence-electron chi connectivity index (χ0n) is 14.5. The Morgan fingerprint density at radius 3 is 2.61 bits per heavy atom. The van der Waals surface area contributed by atoms with Crippen LogP contribution in [0.15, 0.2) is 4.99 Å². The Kier molecular flexibility index (Phi) is 8.73. The summed E-state index contributed by atoms with van der Waals surface area (Å²) in [7, 11) is 3.72. The monoisotopic (exact) mass is 336 g/mol. The van der Waals surface area contributed by atoms with Crippen LogP contribution in [0.5, 0.6) is 0 Å². The lowest BCUT2D eigenvalue weighted by molar-refractivity contribution is -0.183. The van der Waals surface area contributed by atoms with Crippen molar-refractivity contribution >= 4 is 5.96 Å². The molecule has 0 radical (unpaired) electrons. The fraction of sp³-hybridized carbons (Fsp3) is 0.938. The minimum Gasteiger partial charge on any atom is -0.355 e. The van der Waals surface area contributed by atoms with Crippen LogP contribution in [0.3, 0.4) is 0 Å². The number of unbranched alkanes of at least 4 members (excludes halogenated alkanes) is 1. The van der Waals surface area contributed by atoms with Crippen LogP contribution in [0, 0.1) is 5.92 Å². The van der Waals surface area contributed by atoms with Crippen LogP contribution < -0.4 is 10.6 Å². The van der Waals surface area contributed by atoms with Crippen molar-refractivity contribution in [1.29, 1.82) is 0 Å². The second-order valence-corrected chi connectivity index (χ2v) is 6.40. The van der Waals surface area contributed by atoms with E-state index in [0.717, 1.165) is 26.1 Å². The average Bonchev–Trinajstić information content (AvgIpc) is 2.51. The van der Waals surface area contributed by atoms with Gasteiger partial charge in [-0.25, -0.2) is 0 Å².